The van der Waals surface area contributed by atoms with Crippen LogP contribution >= 0.6 is 12.6 Å². The van der Waals surface area contributed by atoms with Gasteiger partial charge in [-0.2, -0.15) is 17.9 Å². The number of rotatable bonds is 4. The Bertz CT molecular complexity index is 511. The molecule has 0 fully saturated rings. The molecule has 94 valence electrons. The summed E-state index contributed by atoms with van der Waals surface area (Å²) in [4.78, 5) is 10.8. The number of carboxylic acid groups (broad SMARTS) is 1. The molecule has 1 aliphatic rings. The highest BCUT2D eigenvalue weighted by Crippen LogP contribution is 2.33. The molecule has 2 rings (SSSR count). The van der Waals surface area contributed by atoms with Crippen molar-refractivity contribution in [3.63, 3.8) is 0 Å². The Morgan fingerprint density at radius 3 is 2.89 bits per heavy atom. The summed E-state index contributed by atoms with van der Waals surface area (Å²) < 4.78 is 10.4. The average molecular weight is 265 g/mol. The van der Waals surface area contributed by atoms with Gasteiger partial charge in [-0.05, 0) is 24.1 Å². The molecule has 18 heavy (non-hydrogen) atoms. The number of ether oxygens (including phenoxy) is 2. The largest absolute Gasteiger partial charge is 0.480 e. The minimum absolute atomic E-state index is 0.193. The van der Waals surface area contributed by atoms with E-state index >= 15 is 0 Å². The molecule has 0 saturated carbocycles. The normalized spacial score (nSPS) is 15.8. The predicted octanol–water partition coefficient (Wildman–Crippen LogP) is 1.48. The monoisotopic (exact) mass is 265 g/mol. The van der Waals surface area contributed by atoms with E-state index in [1.54, 1.807) is 18.2 Å². The lowest BCUT2D eigenvalue weighted by Crippen LogP contribution is -2.24. The lowest BCUT2D eigenvalue weighted by molar-refractivity contribution is -0.139. The van der Waals surface area contributed by atoms with Crippen molar-refractivity contribution < 1.29 is 19.4 Å². The zero-order chi connectivity index (χ0) is 13.1. The molecule has 0 bridgehead atoms. The van der Waals surface area contributed by atoms with Gasteiger partial charge in [-0.15, -0.1) is 0 Å². The first-order valence-corrected chi connectivity index (χ1v) is 5.82. The molecule has 0 aliphatic carbocycles. The number of thiol groups is 1. The third-order valence-corrected chi connectivity index (χ3v) is 3.15. The van der Waals surface area contributed by atoms with Crippen molar-refractivity contribution in [2.24, 2.45) is 5.92 Å². The fourth-order valence-corrected chi connectivity index (χ4v) is 2.14. The standard InChI is InChI=1S/C12H11NO4S/c13-5-8(12(14)15)11(18)4-7-1-2-9-10(3-7)17-6-16-9/h1-3,8,11,18H,4,6H2,(H,14,15). The molecule has 2 atom stereocenters. The molecule has 1 heterocycles. The minimum atomic E-state index is -1.15. The van der Waals surface area contributed by atoms with Crippen LogP contribution in [-0.4, -0.2) is 23.1 Å². The lowest BCUT2D eigenvalue weighted by atomic mass is 10.00. The maximum Gasteiger partial charge on any atom is 0.322 e. The molecule has 1 N–H and O–H groups in total. The van der Waals surface area contributed by atoms with E-state index < -0.39 is 17.1 Å². The van der Waals surface area contributed by atoms with E-state index in [9.17, 15) is 4.79 Å². The molecule has 5 nitrogen and oxygen atoms in total. The number of benzene rings is 1. The van der Waals surface area contributed by atoms with E-state index in [-0.39, 0.29) is 6.79 Å². The maximum atomic E-state index is 10.8. The van der Waals surface area contributed by atoms with Crippen molar-refractivity contribution in [2.75, 3.05) is 6.79 Å². The van der Waals surface area contributed by atoms with Crippen LogP contribution in [0.25, 0.3) is 0 Å². The van der Waals surface area contributed by atoms with Gasteiger partial charge in [-0.1, -0.05) is 6.07 Å². The fourth-order valence-electron chi connectivity index (χ4n) is 1.73. The molecule has 0 aromatic heterocycles. The molecular formula is C12H11NO4S. The van der Waals surface area contributed by atoms with Gasteiger partial charge in [-0.25, -0.2) is 0 Å². The Kier molecular flexibility index (Phi) is 3.63. The zero-order valence-electron chi connectivity index (χ0n) is 9.37. The molecular weight excluding hydrogens is 254 g/mol. The fraction of sp³-hybridized carbons (Fsp3) is 0.333. The van der Waals surface area contributed by atoms with Gasteiger partial charge in [0.1, 0.15) is 0 Å². The molecule has 1 aromatic rings. The molecule has 0 saturated heterocycles. The van der Waals surface area contributed by atoms with Gasteiger partial charge in [0.25, 0.3) is 0 Å². The van der Waals surface area contributed by atoms with Crippen LogP contribution in [0, 0.1) is 17.2 Å². The number of hydrogen-bond donors (Lipinski definition) is 2. The molecule has 6 heteroatoms. The van der Waals surface area contributed by atoms with Crippen molar-refractivity contribution in [1.82, 2.24) is 0 Å². The second-order valence-corrected chi connectivity index (χ2v) is 4.57. The second kappa shape index (κ2) is 5.19. The summed E-state index contributed by atoms with van der Waals surface area (Å²) >= 11 is 4.19. The molecule has 0 radical (unpaired) electrons. The number of aliphatic carboxylic acids is 1. The van der Waals surface area contributed by atoms with Gasteiger partial charge in [0.15, 0.2) is 17.4 Å². The van der Waals surface area contributed by atoms with E-state index in [2.05, 4.69) is 12.6 Å². The number of carbonyl (C=O) groups is 1. The Balaban J connectivity index is 2.10. The van der Waals surface area contributed by atoms with Gasteiger partial charge in [-0.3, -0.25) is 4.79 Å². The van der Waals surface area contributed by atoms with Gasteiger partial charge >= 0.3 is 5.97 Å². The Labute approximate surface area is 109 Å². The van der Waals surface area contributed by atoms with Crippen LogP contribution in [0.5, 0.6) is 11.5 Å². The smallest absolute Gasteiger partial charge is 0.322 e. The van der Waals surface area contributed by atoms with E-state index in [1.807, 2.05) is 6.07 Å². The van der Waals surface area contributed by atoms with Crippen molar-refractivity contribution in [2.45, 2.75) is 11.7 Å². The lowest BCUT2D eigenvalue weighted by Gasteiger charge is -2.13. The zero-order valence-corrected chi connectivity index (χ0v) is 10.3. The quantitative estimate of drug-likeness (QED) is 0.806. The molecule has 1 aromatic carbocycles. The van der Waals surface area contributed by atoms with Crippen molar-refractivity contribution in [3.05, 3.63) is 23.8 Å². The summed E-state index contributed by atoms with van der Waals surface area (Å²) in [7, 11) is 0. The van der Waals surface area contributed by atoms with Crippen LogP contribution in [0.1, 0.15) is 5.56 Å². The highest BCUT2D eigenvalue weighted by atomic mass is 32.1. The maximum absolute atomic E-state index is 10.8. The van der Waals surface area contributed by atoms with Gasteiger partial charge < -0.3 is 14.6 Å². The third-order valence-electron chi connectivity index (χ3n) is 2.67. The average Bonchev–Trinajstić information content (AvgIpc) is 2.76. The summed E-state index contributed by atoms with van der Waals surface area (Å²) in [6.07, 6.45) is 0.379. The summed E-state index contributed by atoms with van der Waals surface area (Å²) in [5.41, 5.74) is 0.862. The highest BCUT2D eigenvalue weighted by molar-refractivity contribution is 7.81. The first kappa shape index (κ1) is 12.6. The van der Waals surface area contributed by atoms with Crippen LogP contribution in [0.3, 0.4) is 0 Å². The predicted molar refractivity (Wildman–Crippen MR) is 65.8 cm³/mol. The van der Waals surface area contributed by atoms with Crippen LogP contribution in [-0.2, 0) is 11.2 Å². The first-order valence-electron chi connectivity index (χ1n) is 5.31. The van der Waals surface area contributed by atoms with E-state index in [0.717, 1.165) is 5.56 Å². The molecule has 0 spiro atoms. The topological polar surface area (TPSA) is 79.6 Å². The highest BCUT2D eigenvalue weighted by Gasteiger charge is 2.26. The number of hydrogen-bond acceptors (Lipinski definition) is 5. The van der Waals surface area contributed by atoms with Crippen LogP contribution in [0.4, 0.5) is 0 Å². The molecule has 0 amide bonds. The summed E-state index contributed by atoms with van der Waals surface area (Å²) in [5.74, 6) is -0.974. The number of carboxylic acids is 1. The van der Waals surface area contributed by atoms with Gasteiger partial charge in [0.05, 0.1) is 6.07 Å². The van der Waals surface area contributed by atoms with E-state index in [4.69, 9.17) is 19.8 Å². The van der Waals surface area contributed by atoms with Gasteiger partial charge in [0.2, 0.25) is 6.79 Å². The Morgan fingerprint density at radius 2 is 2.22 bits per heavy atom. The first-order chi connectivity index (χ1) is 8.61. The SMILES string of the molecule is N#CC(C(=O)O)C(S)Cc1ccc2c(c1)OCO2. The van der Waals surface area contributed by atoms with Crippen molar-refractivity contribution in [1.29, 1.82) is 5.26 Å². The summed E-state index contributed by atoms with van der Waals surface area (Å²) in [6.45, 7) is 0.193. The van der Waals surface area contributed by atoms with Crippen LogP contribution in [0.15, 0.2) is 18.2 Å². The van der Waals surface area contributed by atoms with Gasteiger partial charge in [0, 0.05) is 5.25 Å². The summed E-state index contributed by atoms with van der Waals surface area (Å²) in [6, 6.07) is 7.10. The molecule has 2 unspecified atom stereocenters. The molecule has 1 aliphatic heterocycles. The van der Waals surface area contributed by atoms with Crippen molar-refractivity contribution >= 4 is 18.6 Å². The Hall–Kier alpha value is -1.87. The van der Waals surface area contributed by atoms with E-state index in [0.29, 0.717) is 17.9 Å². The van der Waals surface area contributed by atoms with Crippen molar-refractivity contribution in [3.8, 4) is 17.6 Å². The number of nitrogens with zero attached hydrogens (tertiary/aromatic N) is 1. The van der Waals surface area contributed by atoms with Crippen LogP contribution in [0.2, 0.25) is 0 Å². The second-order valence-electron chi connectivity index (χ2n) is 3.90. The van der Waals surface area contributed by atoms with Crippen LogP contribution < -0.4 is 9.47 Å². The minimum Gasteiger partial charge on any atom is -0.480 e. The Morgan fingerprint density at radius 1 is 1.50 bits per heavy atom. The third kappa shape index (κ3) is 2.51. The summed E-state index contributed by atoms with van der Waals surface area (Å²) in [5, 5.41) is 17.1. The number of nitriles is 1. The van der Waals surface area contributed by atoms with E-state index in [1.165, 1.54) is 0 Å². The number of fused-ring (bicyclic) bond motifs is 1.